The molecule has 1 unspecified atom stereocenters. The summed E-state index contributed by atoms with van der Waals surface area (Å²) < 4.78 is 5.04. The molecule has 0 fully saturated rings. The van der Waals surface area contributed by atoms with Crippen LogP contribution < -0.4 is 0 Å². The molecule has 1 atom stereocenters. The lowest BCUT2D eigenvalue weighted by atomic mass is 10.1. The van der Waals surface area contributed by atoms with E-state index in [1.54, 1.807) is 19.2 Å². The molecule has 0 saturated heterocycles. The van der Waals surface area contributed by atoms with Crippen LogP contribution in [-0.4, -0.2) is 37.3 Å². The van der Waals surface area contributed by atoms with Gasteiger partial charge in [0.05, 0.1) is 6.61 Å². The van der Waals surface area contributed by atoms with E-state index in [2.05, 4.69) is 18.9 Å². The summed E-state index contributed by atoms with van der Waals surface area (Å²) in [5.41, 5.74) is 1.20. The summed E-state index contributed by atoms with van der Waals surface area (Å²) in [5, 5.41) is 9.18. The summed E-state index contributed by atoms with van der Waals surface area (Å²) in [4.78, 5) is 2.22. The van der Waals surface area contributed by atoms with Gasteiger partial charge in [0.1, 0.15) is 5.75 Å². The quantitative estimate of drug-likeness (QED) is 0.805. The van der Waals surface area contributed by atoms with Crippen molar-refractivity contribution in [2.45, 2.75) is 13.0 Å². The average molecular weight is 209 g/mol. The van der Waals surface area contributed by atoms with Crippen LogP contribution in [0.2, 0.25) is 0 Å². The van der Waals surface area contributed by atoms with E-state index in [0.717, 1.165) is 13.2 Å². The molecule has 0 heterocycles. The number of phenolic OH excluding ortho intramolecular Hbond substituents is 1. The Balaban J connectivity index is 2.59. The molecule has 3 heteroatoms. The van der Waals surface area contributed by atoms with Crippen LogP contribution in [0.25, 0.3) is 0 Å². The van der Waals surface area contributed by atoms with E-state index in [1.165, 1.54) is 5.56 Å². The lowest BCUT2D eigenvalue weighted by molar-refractivity contribution is 0.143. The lowest BCUT2D eigenvalue weighted by Crippen LogP contribution is -2.26. The van der Waals surface area contributed by atoms with Crippen molar-refractivity contribution in [1.82, 2.24) is 4.90 Å². The van der Waals surface area contributed by atoms with Gasteiger partial charge < -0.3 is 9.84 Å². The number of likely N-dealkylation sites (N-methyl/N-ethyl adjacent to an activating group) is 1. The molecule has 1 aromatic rings. The molecular formula is C12H19NO2. The highest BCUT2D eigenvalue weighted by molar-refractivity contribution is 5.27. The van der Waals surface area contributed by atoms with Crippen molar-refractivity contribution in [3.05, 3.63) is 29.8 Å². The second-order valence-electron chi connectivity index (χ2n) is 3.74. The molecule has 0 aromatic heterocycles. The summed E-state index contributed by atoms with van der Waals surface area (Å²) in [7, 11) is 3.77. The molecule has 0 aliphatic heterocycles. The molecule has 0 amide bonds. The lowest BCUT2D eigenvalue weighted by Gasteiger charge is -2.24. The molecule has 15 heavy (non-hydrogen) atoms. The minimum atomic E-state index is 0.311. The van der Waals surface area contributed by atoms with Crippen molar-refractivity contribution in [1.29, 1.82) is 0 Å². The smallest absolute Gasteiger partial charge is 0.115 e. The summed E-state index contributed by atoms with van der Waals surface area (Å²) in [6.45, 7) is 3.78. The van der Waals surface area contributed by atoms with Gasteiger partial charge in [-0.2, -0.15) is 0 Å². The van der Waals surface area contributed by atoms with Crippen LogP contribution in [0.4, 0.5) is 0 Å². The predicted octanol–water partition coefficient (Wildman–Crippen LogP) is 2.03. The molecular weight excluding hydrogens is 190 g/mol. The Kier molecular flexibility index (Phi) is 4.59. The van der Waals surface area contributed by atoms with Gasteiger partial charge >= 0.3 is 0 Å². The monoisotopic (exact) mass is 209 g/mol. The highest BCUT2D eigenvalue weighted by atomic mass is 16.5. The van der Waals surface area contributed by atoms with Gasteiger partial charge in [-0.15, -0.1) is 0 Å². The Morgan fingerprint density at radius 2 is 1.93 bits per heavy atom. The van der Waals surface area contributed by atoms with Gasteiger partial charge in [-0.3, -0.25) is 4.90 Å². The SMILES string of the molecule is COCCN(C)C(C)c1ccc(O)cc1. The van der Waals surface area contributed by atoms with Gasteiger partial charge in [0.25, 0.3) is 0 Å². The zero-order chi connectivity index (χ0) is 11.3. The fraction of sp³-hybridized carbons (Fsp3) is 0.500. The molecule has 1 aromatic carbocycles. The first-order valence-corrected chi connectivity index (χ1v) is 5.13. The number of ether oxygens (including phenoxy) is 1. The summed E-state index contributed by atoms with van der Waals surface area (Å²) in [6.07, 6.45) is 0. The Morgan fingerprint density at radius 3 is 2.47 bits per heavy atom. The maximum absolute atomic E-state index is 9.18. The fourth-order valence-corrected chi connectivity index (χ4v) is 1.44. The van der Waals surface area contributed by atoms with Crippen LogP contribution in [0.5, 0.6) is 5.75 Å². The second-order valence-corrected chi connectivity index (χ2v) is 3.74. The molecule has 1 rings (SSSR count). The second kappa shape index (κ2) is 5.73. The van der Waals surface area contributed by atoms with Crippen molar-refractivity contribution in [2.24, 2.45) is 0 Å². The first-order valence-electron chi connectivity index (χ1n) is 5.13. The number of aromatic hydroxyl groups is 1. The Labute approximate surface area is 91.3 Å². The first-order chi connectivity index (χ1) is 7.15. The molecule has 1 N–H and O–H groups in total. The summed E-state index contributed by atoms with van der Waals surface area (Å²) in [5.74, 6) is 0.311. The largest absolute Gasteiger partial charge is 0.508 e. The van der Waals surface area contributed by atoms with Gasteiger partial charge in [0.2, 0.25) is 0 Å². The number of hydrogen-bond donors (Lipinski definition) is 1. The number of hydrogen-bond acceptors (Lipinski definition) is 3. The van der Waals surface area contributed by atoms with E-state index in [1.807, 2.05) is 12.1 Å². The first kappa shape index (κ1) is 12.0. The van der Waals surface area contributed by atoms with Gasteiger partial charge in [-0.05, 0) is 31.7 Å². The standard InChI is InChI=1S/C12H19NO2/c1-10(13(2)8-9-15-3)11-4-6-12(14)7-5-11/h4-7,10,14H,8-9H2,1-3H3. The summed E-state index contributed by atoms with van der Waals surface area (Å²) >= 11 is 0. The van der Waals surface area contributed by atoms with Crippen LogP contribution in [0.1, 0.15) is 18.5 Å². The topological polar surface area (TPSA) is 32.7 Å². The van der Waals surface area contributed by atoms with Gasteiger partial charge in [-0.1, -0.05) is 12.1 Å². The van der Waals surface area contributed by atoms with Crippen molar-refractivity contribution in [2.75, 3.05) is 27.3 Å². The van der Waals surface area contributed by atoms with Crippen molar-refractivity contribution in [3.63, 3.8) is 0 Å². The number of rotatable bonds is 5. The van der Waals surface area contributed by atoms with Crippen LogP contribution in [0, 0.1) is 0 Å². The third kappa shape index (κ3) is 3.53. The highest BCUT2D eigenvalue weighted by Gasteiger charge is 2.10. The Bertz CT molecular complexity index is 284. The van der Waals surface area contributed by atoms with E-state index in [0.29, 0.717) is 11.8 Å². The molecule has 0 spiro atoms. The molecule has 0 saturated carbocycles. The van der Waals surface area contributed by atoms with Gasteiger partial charge in [0.15, 0.2) is 0 Å². The highest BCUT2D eigenvalue weighted by Crippen LogP contribution is 2.20. The Morgan fingerprint density at radius 1 is 1.33 bits per heavy atom. The minimum absolute atomic E-state index is 0.311. The third-order valence-corrected chi connectivity index (χ3v) is 2.68. The van der Waals surface area contributed by atoms with Gasteiger partial charge in [-0.25, -0.2) is 0 Å². The van der Waals surface area contributed by atoms with Gasteiger partial charge in [0, 0.05) is 19.7 Å². The maximum Gasteiger partial charge on any atom is 0.115 e. The molecule has 0 radical (unpaired) electrons. The normalized spacial score (nSPS) is 13.1. The zero-order valence-corrected chi connectivity index (χ0v) is 9.60. The molecule has 0 aliphatic carbocycles. The predicted molar refractivity (Wildman–Crippen MR) is 61.0 cm³/mol. The number of phenols is 1. The van der Waals surface area contributed by atoms with E-state index < -0.39 is 0 Å². The van der Waals surface area contributed by atoms with E-state index in [4.69, 9.17) is 4.74 Å². The third-order valence-electron chi connectivity index (χ3n) is 2.68. The average Bonchev–Trinajstić information content (AvgIpc) is 2.26. The number of methoxy groups -OCH3 is 1. The zero-order valence-electron chi connectivity index (χ0n) is 9.60. The van der Waals surface area contributed by atoms with Crippen LogP contribution in [-0.2, 0) is 4.74 Å². The fourth-order valence-electron chi connectivity index (χ4n) is 1.44. The van der Waals surface area contributed by atoms with Crippen LogP contribution >= 0.6 is 0 Å². The maximum atomic E-state index is 9.18. The minimum Gasteiger partial charge on any atom is -0.508 e. The van der Waals surface area contributed by atoms with Crippen LogP contribution in [0.3, 0.4) is 0 Å². The van der Waals surface area contributed by atoms with Crippen molar-refractivity contribution < 1.29 is 9.84 Å². The van der Waals surface area contributed by atoms with E-state index >= 15 is 0 Å². The molecule has 0 bridgehead atoms. The van der Waals surface area contributed by atoms with Crippen molar-refractivity contribution >= 4 is 0 Å². The number of nitrogens with zero attached hydrogens (tertiary/aromatic N) is 1. The summed E-state index contributed by atoms with van der Waals surface area (Å²) in [6, 6.07) is 7.67. The molecule has 84 valence electrons. The van der Waals surface area contributed by atoms with Crippen LogP contribution in [0.15, 0.2) is 24.3 Å². The van der Waals surface area contributed by atoms with Crippen molar-refractivity contribution in [3.8, 4) is 5.75 Å². The number of benzene rings is 1. The van der Waals surface area contributed by atoms with E-state index in [9.17, 15) is 5.11 Å². The Hall–Kier alpha value is -1.06. The van der Waals surface area contributed by atoms with E-state index in [-0.39, 0.29) is 0 Å². The molecule has 0 aliphatic rings. The molecule has 3 nitrogen and oxygen atoms in total.